The van der Waals surface area contributed by atoms with E-state index in [1.165, 1.54) is 65.0 Å². The van der Waals surface area contributed by atoms with Crippen molar-refractivity contribution in [2.45, 2.75) is 31.7 Å². The zero-order valence-corrected chi connectivity index (χ0v) is 9.60. The van der Waals surface area contributed by atoms with Crippen molar-refractivity contribution in [2.24, 2.45) is 5.41 Å². The largest absolute Gasteiger partial charge is 0.317 e. The number of nitrogens with one attached hydrogen (secondary N) is 2. The molecule has 0 aromatic heterocycles. The van der Waals surface area contributed by atoms with Gasteiger partial charge in [0.25, 0.3) is 0 Å². The summed E-state index contributed by atoms with van der Waals surface area (Å²) < 4.78 is 0. The van der Waals surface area contributed by atoms with E-state index < -0.39 is 0 Å². The van der Waals surface area contributed by atoms with Crippen molar-refractivity contribution in [3.05, 3.63) is 0 Å². The summed E-state index contributed by atoms with van der Waals surface area (Å²) in [7, 11) is 0. The van der Waals surface area contributed by atoms with Gasteiger partial charge >= 0.3 is 0 Å². The van der Waals surface area contributed by atoms with Crippen LogP contribution in [-0.4, -0.2) is 50.2 Å². The Labute approximate surface area is 92.6 Å². The molecule has 2 N–H and O–H groups in total. The fourth-order valence-electron chi connectivity index (χ4n) is 3.35. The van der Waals surface area contributed by atoms with Gasteiger partial charge in [0.2, 0.25) is 0 Å². The van der Waals surface area contributed by atoms with Gasteiger partial charge in [-0.3, -0.25) is 4.90 Å². The predicted molar refractivity (Wildman–Crippen MR) is 62.0 cm³/mol. The maximum Gasteiger partial charge on any atom is 0.0345 e. The quantitative estimate of drug-likeness (QED) is 0.655. The molecule has 0 saturated carbocycles. The van der Waals surface area contributed by atoms with Crippen LogP contribution in [-0.2, 0) is 0 Å². The van der Waals surface area contributed by atoms with Crippen molar-refractivity contribution in [1.29, 1.82) is 0 Å². The molecule has 3 fully saturated rings. The van der Waals surface area contributed by atoms with Crippen LogP contribution < -0.4 is 10.6 Å². The molecule has 86 valence electrons. The van der Waals surface area contributed by atoms with E-state index in [1.54, 1.807) is 0 Å². The minimum Gasteiger partial charge on any atom is -0.317 e. The number of nitrogens with zero attached hydrogens (tertiary/aromatic N) is 1. The van der Waals surface area contributed by atoms with E-state index >= 15 is 0 Å². The number of hydrogen-bond donors (Lipinski definition) is 2. The summed E-state index contributed by atoms with van der Waals surface area (Å²) in [5, 5.41) is 6.87. The Hall–Kier alpha value is -0.120. The first-order valence-electron chi connectivity index (χ1n) is 6.54. The molecular formula is C12H23N3. The fourth-order valence-corrected chi connectivity index (χ4v) is 3.35. The molecule has 3 heterocycles. The number of hydrogen-bond acceptors (Lipinski definition) is 3. The summed E-state index contributed by atoms with van der Waals surface area (Å²) in [6, 6.07) is 0.865. The Kier molecular flexibility index (Phi) is 2.71. The first kappa shape index (κ1) is 10.1. The van der Waals surface area contributed by atoms with Crippen molar-refractivity contribution in [2.75, 3.05) is 39.3 Å². The van der Waals surface area contributed by atoms with Gasteiger partial charge in [-0.2, -0.15) is 0 Å². The normalized spacial score (nSPS) is 32.8. The summed E-state index contributed by atoms with van der Waals surface area (Å²) in [4.78, 5) is 2.71. The molecule has 15 heavy (non-hydrogen) atoms. The summed E-state index contributed by atoms with van der Waals surface area (Å²) in [6.07, 6.45) is 5.74. The third kappa shape index (κ3) is 1.93. The lowest BCUT2D eigenvalue weighted by Crippen LogP contribution is -2.60. The van der Waals surface area contributed by atoms with Gasteiger partial charge in [0.05, 0.1) is 0 Å². The molecular weight excluding hydrogens is 186 g/mol. The van der Waals surface area contributed by atoms with Crippen molar-refractivity contribution < 1.29 is 0 Å². The van der Waals surface area contributed by atoms with Crippen molar-refractivity contribution >= 4 is 0 Å². The Morgan fingerprint density at radius 1 is 0.867 bits per heavy atom. The lowest BCUT2D eigenvalue weighted by Gasteiger charge is -2.48. The van der Waals surface area contributed by atoms with E-state index in [-0.39, 0.29) is 0 Å². The highest BCUT2D eigenvalue weighted by Gasteiger charge is 2.37. The van der Waals surface area contributed by atoms with E-state index in [0.717, 1.165) is 11.5 Å². The van der Waals surface area contributed by atoms with E-state index in [4.69, 9.17) is 0 Å². The summed E-state index contributed by atoms with van der Waals surface area (Å²) in [5.41, 5.74) is 0.721. The Morgan fingerprint density at radius 3 is 2.07 bits per heavy atom. The number of piperidine rings is 2. The van der Waals surface area contributed by atoms with Crippen LogP contribution in [0.5, 0.6) is 0 Å². The van der Waals surface area contributed by atoms with Gasteiger partial charge in [0, 0.05) is 19.1 Å². The molecule has 0 atom stereocenters. The van der Waals surface area contributed by atoms with Crippen LogP contribution in [0, 0.1) is 5.41 Å². The Balaban J connectivity index is 1.54. The molecule has 1 spiro atoms. The maximum absolute atomic E-state index is 3.49. The zero-order valence-electron chi connectivity index (χ0n) is 9.60. The van der Waals surface area contributed by atoms with E-state index in [9.17, 15) is 0 Å². The van der Waals surface area contributed by atoms with Crippen molar-refractivity contribution in [3.63, 3.8) is 0 Å². The maximum atomic E-state index is 3.49. The van der Waals surface area contributed by atoms with Gasteiger partial charge < -0.3 is 10.6 Å². The van der Waals surface area contributed by atoms with Crippen molar-refractivity contribution in [3.8, 4) is 0 Å². The average molecular weight is 209 g/mol. The highest BCUT2D eigenvalue weighted by molar-refractivity contribution is 4.93. The molecule has 0 amide bonds. The lowest BCUT2D eigenvalue weighted by atomic mass is 9.71. The second-order valence-corrected chi connectivity index (χ2v) is 5.60. The van der Waals surface area contributed by atoms with Crippen LogP contribution >= 0.6 is 0 Å². The van der Waals surface area contributed by atoms with Crippen LogP contribution in [0.25, 0.3) is 0 Å². The summed E-state index contributed by atoms with van der Waals surface area (Å²) in [6.45, 7) is 7.68. The smallest absolute Gasteiger partial charge is 0.0345 e. The molecule has 3 saturated heterocycles. The molecule has 3 nitrogen and oxygen atoms in total. The molecule has 3 aliphatic heterocycles. The first-order valence-corrected chi connectivity index (χ1v) is 6.54. The van der Waals surface area contributed by atoms with E-state index in [2.05, 4.69) is 15.5 Å². The predicted octanol–water partition coefficient (Wildman–Crippen LogP) is 0.424. The SMILES string of the molecule is C1CC2(CCN1)CCN(C1CNC1)CC2. The van der Waals surface area contributed by atoms with Crippen LogP contribution in [0.15, 0.2) is 0 Å². The van der Waals surface area contributed by atoms with Gasteiger partial charge in [-0.25, -0.2) is 0 Å². The Bertz CT molecular complexity index is 209. The van der Waals surface area contributed by atoms with E-state index in [1.807, 2.05) is 0 Å². The van der Waals surface area contributed by atoms with Gasteiger partial charge in [-0.05, 0) is 57.3 Å². The number of rotatable bonds is 1. The van der Waals surface area contributed by atoms with Crippen molar-refractivity contribution in [1.82, 2.24) is 15.5 Å². The molecule has 0 unspecified atom stereocenters. The topological polar surface area (TPSA) is 27.3 Å². The van der Waals surface area contributed by atoms with Gasteiger partial charge in [-0.1, -0.05) is 0 Å². The third-order valence-corrected chi connectivity index (χ3v) is 4.80. The molecule has 0 aromatic rings. The van der Waals surface area contributed by atoms with Gasteiger partial charge in [0.15, 0.2) is 0 Å². The Morgan fingerprint density at radius 2 is 1.53 bits per heavy atom. The van der Waals surface area contributed by atoms with E-state index in [0.29, 0.717) is 0 Å². The first-order chi connectivity index (χ1) is 7.38. The summed E-state index contributed by atoms with van der Waals surface area (Å²) >= 11 is 0. The molecule has 3 heteroatoms. The highest BCUT2D eigenvalue weighted by Crippen LogP contribution is 2.39. The van der Waals surface area contributed by atoms with Crippen LogP contribution in [0.4, 0.5) is 0 Å². The minimum atomic E-state index is 0.721. The second kappa shape index (κ2) is 4.04. The summed E-state index contributed by atoms with van der Waals surface area (Å²) in [5.74, 6) is 0. The zero-order chi connectivity index (χ0) is 10.1. The molecule has 3 rings (SSSR count). The standard InChI is InChI=1S/C12H23N3/c1-5-13-6-2-12(1)3-7-15(8-4-12)11-9-14-10-11/h11,13-14H,1-10H2. The molecule has 0 bridgehead atoms. The number of likely N-dealkylation sites (tertiary alicyclic amines) is 1. The van der Waals surface area contributed by atoms with Crippen LogP contribution in [0.2, 0.25) is 0 Å². The molecule has 0 aromatic carbocycles. The average Bonchev–Trinajstić information content (AvgIpc) is 2.21. The minimum absolute atomic E-state index is 0.721. The van der Waals surface area contributed by atoms with Gasteiger partial charge in [0.1, 0.15) is 0 Å². The molecule has 0 radical (unpaired) electrons. The van der Waals surface area contributed by atoms with Gasteiger partial charge in [-0.15, -0.1) is 0 Å². The highest BCUT2D eigenvalue weighted by atomic mass is 15.2. The lowest BCUT2D eigenvalue weighted by molar-refractivity contribution is 0.0353. The van der Waals surface area contributed by atoms with Crippen LogP contribution in [0.3, 0.4) is 0 Å². The third-order valence-electron chi connectivity index (χ3n) is 4.80. The monoisotopic (exact) mass is 209 g/mol. The van der Waals surface area contributed by atoms with Crippen LogP contribution in [0.1, 0.15) is 25.7 Å². The molecule has 0 aliphatic carbocycles. The second-order valence-electron chi connectivity index (χ2n) is 5.60. The fraction of sp³-hybridized carbons (Fsp3) is 1.00. The molecule has 3 aliphatic rings.